The van der Waals surface area contributed by atoms with Crippen molar-refractivity contribution >= 4 is 8.60 Å². The smallest absolute Gasteiger partial charge is 0.408 e. The van der Waals surface area contributed by atoms with E-state index in [0.29, 0.717) is 0 Å². The van der Waals surface area contributed by atoms with Crippen molar-refractivity contribution in [1.82, 2.24) is 0 Å². The van der Waals surface area contributed by atoms with E-state index in [1.54, 1.807) is 0 Å². The van der Waals surface area contributed by atoms with Crippen LogP contribution in [0.4, 0.5) is 0 Å². The first kappa shape index (κ1) is 45.7. The number of para-hydroxylation sites is 3. The Morgan fingerprint density at radius 3 is 0.803 bits per heavy atom. The average molecular weight is 833 g/mol. The fraction of sp³-hybridized carbons (Fsp3) is 0.368. The fourth-order valence-corrected chi connectivity index (χ4v) is 9.41. The Labute approximate surface area is 369 Å². The van der Waals surface area contributed by atoms with Gasteiger partial charge in [0, 0.05) is 19.3 Å². The zero-order chi connectivity index (χ0) is 42.3. The molecule has 0 aliphatic heterocycles. The van der Waals surface area contributed by atoms with Gasteiger partial charge in [0.2, 0.25) is 0 Å². The van der Waals surface area contributed by atoms with Gasteiger partial charge in [-0.25, -0.2) is 0 Å². The Morgan fingerprint density at radius 2 is 0.525 bits per heavy atom. The van der Waals surface area contributed by atoms with E-state index >= 15 is 0 Å². The van der Waals surface area contributed by atoms with Gasteiger partial charge in [0.05, 0.1) is 0 Å². The minimum absolute atomic E-state index is 0.778. The third-order valence-corrected chi connectivity index (χ3v) is 12.9. The molecule has 0 heterocycles. The standard InChI is InChI=1S/C57H69O3P/c1-4-7-10-13-28-46-31-16-19-34-49(46)43-52-37-22-25-40-55(52)58-61(59-56-41-26-23-38-53(56)44-50-35-20-17-32-47(50)29-14-11-8-5-2)60-57-42-27-24-39-54(57)45-51-36-21-18-33-48(51)30-15-12-9-6-3/h16-27,31-42H,4-15,28-30,43-45H2,1-3H3. The first-order valence-electron chi connectivity index (χ1n) is 23.4. The monoisotopic (exact) mass is 832 g/mol. The van der Waals surface area contributed by atoms with Gasteiger partial charge in [-0.15, -0.1) is 0 Å². The molecular formula is C57H69O3P. The van der Waals surface area contributed by atoms with Crippen molar-refractivity contribution in [2.24, 2.45) is 0 Å². The van der Waals surface area contributed by atoms with Crippen molar-refractivity contribution in [2.45, 2.75) is 136 Å². The summed E-state index contributed by atoms with van der Waals surface area (Å²) in [5.74, 6) is 2.37. The van der Waals surface area contributed by atoms with E-state index in [-0.39, 0.29) is 0 Å². The second-order valence-corrected chi connectivity index (χ2v) is 17.6. The topological polar surface area (TPSA) is 27.7 Å². The summed E-state index contributed by atoms with van der Waals surface area (Å²) < 4.78 is 21.0. The van der Waals surface area contributed by atoms with E-state index < -0.39 is 8.60 Å². The molecular weight excluding hydrogens is 764 g/mol. The van der Waals surface area contributed by atoms with E-state index in [1.165, 1.54) is 110 Å². The quantitative estimate of drug-likeness (QED) is 0.0382. The lowest BCUT2D eigenvalue weighted by Crippen LogP contribution is -2.07. The van der Waals surface area contributed by atoms with Gasteiger partial charge in [-0.2, -0.15) is 0 Å². The molecule has 0 radical (unpaired) electrons. The van der Waals surface area contributed by atoms with Crippen molar-refractivity contribution in [3.8, 4) is 17.2 Å². The lowest BCUT2D eigenvalue weighted by molar-refractivity contribution is 0.383. The average Bonchev–Trinajstić information content (AvgIpc) is 3.29. The van der Waals surface area contributed by atoms with E-state index in [9.17, 15) is 0 Å². The van der Waals surface area contributed by atoms with Crippen LogP contribution in [0.1, 0.15) is 148 Å². The molecule has 6 rings (SSSR count). The summed E-state index contributed by atoms with van der Waals surface area (Å²) in [5.41, 5.74) is 11.7. The number of benzene rings is 6. The highest BCUT2D eigenvalue weighted by Crippen LogP contribution is 2.46. The molecule has 0 fully saturated rings. The van der Waals surface area contributed by atoms with Crippen LogP contribution in [0.5, 0.6) is 17.2 Å². The predicted octanol–water partition coefficient (Wildman–Crippen LogP) is 16.6. The van der Waals surface area contributed by atoms with Crippen molar-refractivity contribution in [3.05, 3.63) is 196 Å². The minimum atomic E-state index is -1.93. The summed E-state index contributed by atoms with van der Waals surface area (Å²) in [6.07, 6.45) is 20.6. The summed E-state index contributed by atoms with van der Waals surface area (Å²) in [6.45, 7) is 6.82. The van der Waals surface area contributed by atoms with Crippen LogP contribution in [0.2, 0.25) is 0 Å². The van der Waals surface area contributed by atoms with Crippen LogP contribution in [-0.4, -0.2) is 0 Å². The van der Waals surface area contributed by atoms with Gasteiger partial charge in [-0.05, 0) is 107 Å². The Kier molecular flexibility index (Phi) is 19.3. The third kappa shape index (κ3) is 14.6. The van der Waals surface area contributed by atoms with Crippen LogP contribution >= 0.6 is 8.60 Å². The molecule has 4 heteroatoms. The minimum Gasteiger partial charge on any atom is -0.408 e. The first-order chi connectivity index (χ1) is 30.1. The van der Waals surface area contributed by atoms with Gasteiger partial charge >= 0.3 is 8.60 Å². The molecule has 0 atom stereocenters. The van der Waals surface area contributed by atoms with Gasteiger partial charge in [-0.3, -0.25) is 0 Å². The Balaban J connectivity index is 1.30. The molecule has 0 aliphatic carbocycles. The number of unbranched alkanes of at least 4 members (excludes halogenated alkanes) is 9. The highest BCUT2D eigenvalue weighted by molar-refractivity contribution is 7.43. The molecule has 0 unspecified atom stereocenters. The van der Waals surface area contributed by atoms with Gasteiger partial charge in [0.1, 0.15) is 17.2 Å². The van der Waals surface area contributed by atoms with Crippen LogP contribution in [-0.2, 0) is 38.5 Å². The van der Waals surface area contributed by atoms with Gasteiger partial charge in [0.25, 0.3) is 0 Å². The van der Waals surface area contributed by atoms with Gasteiger partial charge in [0.15, 0.2) is 0 Å². The lowest BCUT2D eigenvalue weighted by Gasteiger charge is -2.22. The molecule has 0 amide bonds. The first-order valence-corrected chi connectivity index (χ1v) is 24.5. The van der Waals surface area contributed by atoms with Crippen LogP contribution in [0, 0.1) is 0 Å². The number of hydrogen-bond acceptors (Lipinski definition) is 3. The predicted molar refractivity (Wildman–Crippen MR) is 259 cm³/mol. The molecule has 6 aromatic rings. The molecule has 0 spiro atoms. The van der Waals surface area contributed by atoms with Crippen LogP contribution in [0.25, 0.3) is 0 Å². The molecule has 0 aromatic heterocycles. The Hall–Kier alpha value is -4.85. The lowest BCUT2D eigenvalue weighted by atomic mass is 9.95. The zero-order valence-corrected chi connectivity index (χ0v) is 38.2. The normalized spacial score (nSPS) is 11.2. The molecule has 0 saturated heterocycles. The summed E-state index contributed by atoms with van der Waals surface area (Å²) in [6, 6.07) is 52.0. The van der Waals surface area contributed by atoms with Crippen LogP contribution in [0.15, 0.2) is 146 Å². The van der Waals surface area contributed by atoms with Gasteiger partial charge in [-0.1, -0.05) is 206 Å². The maximum Gasteiger partial charge on any atom is 0.530 e. The summed E-state index contributed by atoms with van der Waals surface area (Å²) in [5, 5.41) is 0. The summed E-state index contributed by atoms with van der Waals surface area (Å²) in [7, 11) is -1.93. The second kappa shape index (κ2) is 25.8. The Bertz CT molecular complexity index is 1930. The number of rotatable bonds is 27. The van der Waals surface area contributed by atoms with Crippen LogP contribution < -0.4 is 13.6 Å². The van der Waals surface area contributed by atoms with E-state index in [4.69, 9.17) is 13.6 Å². The van der Waals surface area contributed by atoms with Crippen molar-refractivity contribution < 1.29 is 13.6 Å². The molecule has 6 aromatic carbocycles. The molecule has 61 heavy (non-hydrogen) atoms. The van der Waals surface area contributed by atoms with E-state index in [2.05, 4.69) is 166 Å². The van der Waals surface area contributed by atoms with E-state index in [1.807, 2.05) is 0 Å². The van der Waals surface area contributed by atoms with Crippen molar-refractivity contribution in [1.29, 1.82) is 0 Å². The number of aryl methyl sites for hydroxylation is 3. The Morgan fingerprint density at radius 1 is 0.279 bits per heavy atom. The van der Waals surface area contributed by atoms with Crippen molar-refractivity contribution in [3.63, 3.8) is 0 Å². The molecule has 0 saturated carbocycles. The molecule has 0 bridgehead atoms. The third-order valence-electron chi connectivity index (χ3n) is 11.8. The molecule has 0 aliphatic rings. The van der Waals surface area contributed by atoms with Crippen molar-refractivity contribution in [2.75, 3.05) is 0 Å². The zero-order valence-electron chi connectivity index (χ0n) is 37.3. The molecule has 320 valence electrons. The maximum absolute atomic E-state index is 7.01. The largest absolute Gasteiger partial charge is 0.530 e. The van der Waals surface area contributed by atoms with Crippen LogP contribution in [0.3, 0.4) is 0 Å². The van der Waals surface area contributed by atoms with Gasteiger partial charge < -0.3 is 13.6 Å². The summed E-state index contributed by atoms with van der Waals surface area (Å²) >= 11 is 0. The maximum atomic E-state index is 7.01. The highest BCUT2D eigenvalue weighted by atomic mass is 31.2. The number of hydrogen-bond donors (Lipinski definition) is 0. The second-order valence-electron chi connectivity index (χ2n) is 16.6. The van der Waals surface area contributed by atoms with E-state index in [0.717, 1.165) is 72.5 Å². The fourth-order valence-electron chi connectivity index (χ4n) is 8.28. The molecule has 3 nitrogen and oxygen atoms in total. The molecule has 0 N–H and O–H groups in total. The SMILES string of the molecule is CCCCCCc1ccccc1Cc1ccccc1OP(Oc1ccccc1Cc1ccccc1CCCCCC)Oc1ccccc1Cc1ccccc1CCCCCC. The highest BCUT2D eigenvalue weighted by Gasteiger charge is 2.25. The summed E-state index contributed by atoms with van der Waals surface area (Å²) in [4.78, 5) is 0.